The first-order valence-electron chi connectivity index (χ1n) is 5.25. The van der Waals surface area contributed by atoms with Gasteiger partial charge in [-0.15, -0.1) is 5.10 Å². The van der Waals surface area contributed by atoms with Crippen molar-refractivity contribution in [3.8, 4) is 0 Å². The average Bonchev–Trinajstić information content (AvgIpc) is 2.29. The van der Waals surface area contributed by atoms with Crippen molar-refractivity contribution in [1.29, 1.82) is 0 Å². The Kier molecular flexibility index (Phi) is 4.85. The molecule has 16 heavy (non-hydrogen) atoms. The summed E-state index contributed by atoms with van der Waals surface area (Å²) in [6.07, 6.45) is 1.68. The number of hydrogen-bond donors (Lipinski definition) is 1. The first-order chi connectivity index (χ1) is 7.65. The van der Waals surface area contributed by atoms with E-state index >= 15 is 0 Å². The second-order valence-electron chi connectivity index (χ2n) is 3.78. The monoisotopic (exact) mass is 223 g/mol. The lowest BCUT2D eigenvalue weighted by Crippen LogP contribution is -2.28. The van der Waals surface area contributed by atoms with Crippen LogP contribution in [0.2, 0.25) is 0 Å². The Morgan fingerprint density at radius 2 is 2.31 bits per heavy atom. The van der Waals surface area contributed by atoms with E-state index in [1.165, 1.54) is 0 Å². The topological polar surface area (TPSA) is 64.1 Å². The highest BCUT2D eigenvalue weighted by Gasteiger charge is 2.09. The molecule has 1 heterocycles. The number of nitrogens with zero attached hydrogens (tertiary/aromatic N) is 2. The highest BCUT2D eigenvalue weighted by Crippen LogP contribution is 2.12. The Morgan fingerprint density at radius 1 is 1.56 bits per heavy atom. The second kappa shape index (κ2) is 6.17. The molecule has 1 aromatic rings. The zero-order valence-corrected chi connectivity index (χ0v) is 9.86. The fraction of sp³-hybridized carbons (Fsp3) is 0.545. The third-order valence-electron chi connectivity index (χ3n) is 2.17. The molecule has 1 aromatic heterocycles. The Hall–Kier alpha value is -1.49. The zero-order chi connectivity index (χ0) is 12.0. The Balaban J connectivity index is 2.64. The van der Waals surface area contributed by atoms with Gasteiger partial charge in [-0.05, 0) is 17.5 Å². The van der Waals surface area contributed by atoms with Crippen LogP contribution in [-0.4, -0.2) is 36.4 Å². The van der Waals surface area contributed by atoms with E-state index in [0.717, 1.165) is 5.56 Å². The van der Waals surface area contributed by atoms with Gasteiger partial charge in [-0.2, -0.15) is 5.10 Å². The maximum absolute atomic E-state index is 11.6. The minimum atomic E-state index is -0.216. The molecule has 0 aliphatic carbocycles. The van der Waals surface area contributed by atoms with Crippen molar-refractivity contribution in [2.45, 2.75) is 19.8 Å². The van der Waals surface area contributed by atoms with Crippen molar-refractivity contribution in [1.82, 2.24) is 15.5 Å². The smallest absolute Gasteiger partial charge is 0.271 e. The van der Waals surface area contributed by atoms with Gasteiger partial charge in [0.1, 0.15) is 0 Å². The summed E-state index contributed by atoms with van der Waals surface area (Å²) in [6, 6.07) is 1.76. The summed E-state index contributed by atoms with van der Waals surface area (Å²) in [5.74, 6) is 0.119. The fourth-order valence-electron chi connectivity index (χ4n) is 1.17. The summed E-state index contributed by atoms with van der Waals surface area (Å²) in [5, 5.41) is 10.3. The van der Waals surface area contributed by atoms with Crippen LogP contribution in [0.4, 0.5) is 0 Å². The van der Waals surface area contributed by atoms with Crippen LogP contribution >= 0.6 is 0 Å². The van der Waals surface area contributed by atoms with E-state index in [0.29, 0.717) is 24.8 Å². The van der Waals surface area contributed by atoms with E-state index in [2.05, 4.69) is 15.5 Å². The molecule has 0 aliphatic rings. The maximum atomic E-state index is 11.6. The molecule has 0 aromatic carbocycles. The summed E-state index contributed by atoms with van der Waals surface area (Å²) in [6.45, 7) is 5.05. The van der Waals surface area contributed by atoms with Gasteiger partial charge in [0.2, 0.25) is 0 Å². The molecule has 0 spiro atoms. The van der Waals surface area contributed by atoms with E-state index in [-0.39, 0.29) is 5.91 Å². The van der Waals surface area contributed by atoms with E-state index in [1.807, 2.05) is 13.8 Å². The SMILES string of the molecule is COCCNC(=O)c1cc(C(C)C)cnn1. The number of carbonyl (C=O) groups excluding carboxylic acids is 1. The normalized spacial score (nSPS) is 10.5. The van der Waals surface area contributed by atoms with Crippen molar-refractivity contribution in [3.05, 3.63) is 23.5 Å². The summed E-state index contributed by atoms with van der Waals surface area (Å²) < 4.78 is 4.84. The summed E-state index contributed by atoms with van der Waals surface area (Å²) in [7, 11) is 1.59. The van der Waals surface area contributed by atoms with Crippen LogP contribution in [0.3, 0.4) is 0 Å². The molecule has 5 nitrogen and oxygen atoms in total. The van der Waals surface area contributed by atoms with Crippen LogP contribution in [-0.2, 0) is 4.74 Å². The number of methoxy groups -OCH3 is 1. The van der Waals surface area contributed by atoms with E-state index < -0.39 is 0 Å². The highest BCUT2D eigenvalue weighted by molar-refractivity contribution is 5.92. The van der Waals surface area contributed by atoms with E-state index in [4.69, 9.17) is 4.74 Å². The average molecular weight is 223 g/mol. The molecule has 0 atom stereocenters. The van der Waals surface area contributed by atoms with Gasteiger partial charge in [0.05, 0.1) is 12.8 Å². The third-order valence-corrected chi connectivity index (χ3v) is 2.17. The van der Waals surface area contributed by atoms with Crippen molar-refractivity contribution >= 4 is 5.91 Å². The van der Waals surface area contributed by atoms with E-state index in [9.17, 15) is 4.79 Å². The number of nitrogens with one attached hydrogen (secondary N) is 1. The number of aromatic nitrogens is 2. The van der Waals surface area contributed by atoms with Crippen LogP contribution in [0, 0.1) is 0 Å². The fourth-order valence-corrected chi connectivity index (χ4v) is 1.17. The lowest BCUT2D eigenvalue weighted by Gasteiger charge is -2.06. The molecule has 88 valence electrons. The third kappa shape index (κ3) is 3.58. The van der Waals surface area contributed by atoms with Crippen LogP contribution in [0.1, 0.15) is 35.8 Å². The summed E-state index contributed by atoms with van der Waals surface area (Å²) in [5.41, 5.74) is 1.36. The van der Waals surface area contributed by atoms with Crippen molar-refractivity contribution in [3.63, 3.8) is 0 Å². The number of carbonyl (C=O) groups is 1. The molecule has 0 radical (unpaired) electrons. The molecule has 0 unspecified atom stereocenters. The minimum absolute atomic E-state index is 0.216. The molecule has 0 fully saturated rings. The molecular formula is C11H17N3O2. The lowest BCUT2D eigenvalue weighted by atomic mass is 10.1. The lowest BCUT2D eigenvalue weighted by molar-refractivity contribution is 0.0931. The molecule has 0 bridgehead atoms. The second-order valence-corrected chi connectivity index (χ2v) is 3.78. The molecule has 0 aliphatic heterocycles. The van der Waals surface area contributed by atoms with Gasteiger partial charge in [-0.25, -0.2) is 0 Å². The Bertz CT molecular complexity index is 353. The largest absolute Gasteiger partial charge is 0.383 e. The van der Waals surface area contributed by atoms with Crippen LogP contribution < -0.4 is 5.32 Å². The van der Waals surface area contributed by atoms with Crippen LogP contribution in [0.15, 0.2) is 12.3 Å². The molecule has 0 saturated carbocycles. The van der Waals surface area contributed by atoms with Gasteiger partial charge in [0.25, 0.3) is 5.91 Å². The van der Waals surface area contributed by atoms with Gasteiger partial charge < -0.3 is 10.1 Å². The summed E-state index contributed by atoms with van der Waals surface area (Å²) in [4.78, 5) is 11.6. The maximum Gasteiger partial charge on any atom is 0.271 e. The van der Waals surface area contributed by atoms with Gasteiger partial charge in [-0.1, -0.05) is 13.8 Å². The first-order valence-corrected chi connectivity index (χ1v) is 5.25. The van der Waals surface area contributed by atoms with Crippen LogP contribution in [0.5, 0.6) is 0 Å². The van der Waals surface area contributed by atoms with Gasteiger partial charge in [0.15, 0.2) is 5.69 Å². The predicted octanol–water partition coefficient (Wildman–Crippen LogP) is 0.976. The number of amides is 1. The quantitative estimate of drug-likeness (QED) is 0.756. The minimum Gasteiger partial charge on any atom is -0.383 e. The number of rotatable bonds is 5. The highest BCUT2D eigenvalue weighted by atomic mass is 16.5. The van der Waals surface area contributed by atoms with Gasteiger partial charge >= 0.3 is 0 Å². The zero-order valence-electron chi connectivity index (χ0n) is 9.86. The molecule has 1 amide bonds. The van der Waals surface area contributed by atoms with Crippen molar-refractivity contribution < 1.29 is 9.53 Å². The Morgan fingerprint density at radius 3 is 2.94 bits per heavy atom. The van der Waals surface area contributed by atoms with Crippen molar-refractivity contribution in [2.24, 2.45) is 0 Å². The van der Waals surface area contributed by atoms with E-state index in [1.54, 1.807) is 19.4 Å². The number of hydrogen-bond acceptors (Lipinski definition) is 4. The molecule has 0 saturated heterocycles. The van der Waals surface area contributed by atoms with Gasteiger partial charge in [-0.3, -0.25) is 4.79 Å². The predicted molar refractivity (Wildman–Crippen MR) is 60.3 cm³/mol. The first kappa shape index (κ1) is 12.6. The molecule has 5 heteroatoms. The van der Waals surface area contributed by atoms with Crippen LogP contribution in [0.25, 0.3) is 0 Å². The summed E-state index contributed by atoms with van der Waals surface area (Å²) >= 11 is 0. The number of ether oxygens (including phenoxy) is 1. The molecule has 1 rings (SSSR count). The van der Waals surface area contributed by atoms with Gasteiger partial charge in [0, 0.05) is 13.7 Å². The van der Waals surface area contributed by atoms with Crippen molar-refractivity contribution in [2.75, 3.05) is 20.3 Å². The molecular weight excluding hydrogens is 206 g/mol. The standard InChI is InChI=1S/C11H17N3O2/c1-8(2)9-6-10(14-13-7-9)11(15)12-4-5-16-3/h6-8H,4-5H2,1-3H3,(H,12,15). The Labute approximate surface area is 95.2 Å². The molecule has 1 N–H and O–H groups in total.